The van der Waals surface area contributed by atoms with Gasteiger partial charge in [-0.2, -0.15) is 5.10 Å². The number of aromatic nitrogens is 2. The minimum absolute atomic E-state index is 0.171. The van der Waals surface area contributed by atoms with Crippen LogP contribution in [0.25, 0.3) is 0 Å². The molecule has 2 N–H and O–H groups in total. The molecule has 0 aliphatic carbocycles. The van der Waals surface area contributed by atoms with Gasteiger partial charge in [-0.1, -0.05) is 11.6 Å². The first-order valence-electron chi connectivity index (χ1n) is 7.12. The Morgan fingerprint density at radius 2 is 2.29 bits per heavy atom. The van der Waals surface area contributed by atoms with E-state index in [0.29, 0.717) is 16.5 Å². The Bertz CT molecular complexity index is 835. The lowest BCUT2D eigenvalue weighted by Crippen LogP contribution is -2.39. The molecular weight excluding hydrogens is 350 g/mol. The summed E-state index contributed by atoms with van der Waals surface area (Å²) in [5.41, 5.74) is 7.22. The number of hydrogen-bond acceptors (Lipinski definition) is 6. The molecule has 9 heteroatoms. The molecule has 1 aliphatic heterocycles. The molecule has 2 aromatic rings. The Hall–Kier alpha value is -2.32. The molecule has 7 nitrogen and oxygen atoms in total. The molecule has 1 unspecified atom stereocenters. The van der Waals surface area contributed by atoms with Gasteiger partial charge in [0.05, 0.1) is 16.6 Å². The summed E-state index contributed by atoms with van der Waals surface area (Å²) >= 11 is 7.31. The van der Waals surface area contributed by atoms with Gasteiger partial charge in [-0.15, -0.1) is 11.3 Å². The highest BCUT2D eigenvalue weighted by Crippen LogP contribution is 2.29. The highest BCUT2D eigenvalue weighted by molar-refractivity contribution is 7.09. The smallest absolute Gasteiger partial charge is 0.264 e. The lowest BCUT2D eigenvalue weighted by atomic mass is 9.99. The SMILES string of the molecule is CN1N=C(C(N)=O)CC(c2nc(Cc3cncc(Cl)c3)cs2)C1=O. The van der Waals surface area contributed by atoms with Crippen molar-refractivity contribution >= 4 is 40.5 Å². The zero-order valence-corrected chi connectivity index (χ0v) is 14.3. The van der Waals surface area contributed by atoms with Crippen molar-refractivity contribution in [3.8, 4) is 0 Å². The fourth-order valence-electron chi connectivity index (χ4n) is 2.45. The summed E-state index contributed by atoms with van der Waals surface area (Å²) in [6, 6.07) is 1.82. The van der Waals surface area contributed by atoms with Crippen molar-refractivity contribution in [2.24, 2.45) is 10.8 Å². The van der Waals surface area contributed by atoms with Crippen LogP contribution in [0.3, 0.4) is 0 Å². The summed E-state index contributed by atoms with van der Waals surface area (Å²) < 4.78 is 0. The Labute approximate surface area is 147 Å². The average molecular weight is 364 g/mol. The van der Waals surface area contributed by atoms with Crippen molar-refractivity contribution in [2.75, 3.05) is 7.05 Å². The highest BCUT2D eigenvalue weighted by atomic mass is 35.5. The van der Waals surface area contributed by atoms with E-state index < -0.39 is 11.8 Å². The molecule has 0 fully saturated rings. The minimum Gasteiger partial charge on any atom is -0.364 e. The number of nitrogens with two attached hydrogens (primary N) is 1. The molecule has 0 radical (unpaired) electrons. The number of nitrogens with zero attached hydrogens (tertiary/aromatic N) is 4. The number of hydrazone groups is 1. The van der Waals surface area contributed by atoms with Gasteiger partial charge in [-0.05, 0) is 11.6 Å². The second-order valence-electron chi connectivity index (χ2n) is 5.39. The van der Waals surface area contributed by atoms with Crippen molar-refractivity contribution < 1.29 is 9.59 Å². The van der Waals surface area contributed by atoms with Gasteiger partial charge in [0.2, 0.25) is 0 Å². The third kappa shape index (κ3) is 3.44. The normalized spacial score (nSPS) is 17.8. The number of likely N-dealkylation sites (N-methyl/N-ethyl adjacent to an activating group) is 1. The van der Waals surface area contributed by atoms with Gasteiger partial charge >= 0.3 is 0 Å². The van der Waals surface area contributed by atoms with Gasteiger partial charge in [0.15, 0.2) is 0 Å². The Morgan fingerprint density at radius 1 is 1.50 bits per heavy atom. The van der Waals surface area contributed by atoms with E-state index in [2.05, 4.69) is 15.1 Å². The molecule has 2 amide bonds. The highest BCUT2D eigenvalue weighted by Gasteiger charge is 2.34. The summed E-state index contributed by atoms with van der Waals surface area (Å²) in [6.07, 6.45) is 4.03. The second-order valence-corrected chi connectivity index (χ2v) is 6.72. The average Bonchev–Trinajstić information content (AvgIpc) is 2.98. The fourth-order valence-corrected chi connectivity index (χ4v) is 3.55. The van der Waals surface area contributed by atoms with E-state index in [-0.39, 0.29) is 18.0 Å². The van der Waals surface area contributed by atoms with Gasteiger partial charge in [-0.3, -0.25) is 14.6 Å². The van der Waals surface area contributed by atoms with Gasteiger partial charge in [0.25, 0.3) is 11.8 Å². The van der Waals surface area contributed by atoms with Gasteiger partial charge in [-0.25, -0.2) is 9.99 Å². The summed E-state index contributed by atoms with van der Waals surface area (Å²) in [5.74, 6) is -1.36. The van der Waals surface area contributed by atoms with E-state index in [4.69, 9.17) is 17.3 Å². The van der Waals surface area contributed by atoms with E-state index in [9.17, 15) is 9.59 Å². The van der Waals surface area contributed by atoms with Crippen molar-refractivity contribution in [2.45, 2.75) is 18.8 Å². The third-order valence-electron chi connectivity index (χ3n) is 3.58. The van der Waals surface area contributed by atoms with E-state index in [1.807, 2.05) is 11.4 Å². The number of carbonyl (C=O) groups is 2. The molecule has 1 aliphatic rings. The van der Waals surface area contributed by atoms with Crippen LogP contribution in [0.15, 0.2) is 28.9 Å². The fraction of sp³-hybridized carbons (Fsp3) is 0.267. The molecule has 24 heavy (non-hydrogen) atoms. The van der Waals surface area contributed by atoms with Crippen LogP contribution >= 0.6 is 22.9 Å². The number of thiazole rings is 1. The third-order valence-corrected chi connectivity index (χ3v) is 4.80. The zero-order chi connectivity index (χ0) is 17.3. The largest absolute Gasteiger partial charge is 0.364 e. The minimum atomic E-state index is -0.624. The Kier molecular flexibility index (Phi) is 4.59. The van der Waals surface area contributed by atoms with Crippen LogP contribution in [-0.4, -0.2) is 39.6 Å². The zero-order valence-electron chi connectivity index (χ0n) is 12.8. The molecule has 2 aromatic heterocycles. The Morgan fingerprint density at radius 3 is 3.00 bits per heavy atom. The number of halogens is 1. The number of carbonyl (C=O) groups excluding carboxylic acids is 2. The van der Waals surface area contributed by atoms with Crippen LogP contribution in [0, 0.1) is 0 Å². The van der Waals surface area contributed by atoms with Crippen LogP contribution in [0.2, 0.25) is 5.02 Å². The first-order valence-corrected chi connectivity index (χ1v) is 8.38. The maximum Gasteiger partial charge on any atom is 0.264 e. The first kappa shape index (κ1) is 16.5. The molecule has 0 saturated heterocycles. The van der Waals surface area contributed by atoms with Crippen LogP contribution in [0.1, 0.15) is 28.6 Å². The van der Waals surface area contributed by atoms with Gasteiger partial charge < -0.3 is 5.73 Å². The Balaban J connectivity index is 1.81. The molecule has 0 aromatic carbocycles. The quantitative estimate of drug-likeness (QED) is 0.890. The van der Waals surface area contributed by atoms with Gasteiger partial charge in [0, 0.05) is 37.7 Å². The van der Waals surface area contributed by atoms with E-state index in [0.717, 1.165) is 16.3 Å². The number of primary amides is 1. The summed E-state index contributed by atoms with van der Waals surface area (Å²) in [5, 5.41) is 8.15. The van der Waals surface area contributed by atoms with E-state index in [1.54, 1.807) is 12.4 Å². The summed E-state index contributed by atoms with van der Waals surface area (Å²) in [4.78, 5) is 32.3. The molecule has 3 heterocycles. The topological polar surface area (TPSA) is 102 Å². The monoisotopic (exact) mass is 363 g/mol. The maximum atomic E-state index is 12.3. The summed E-state index contributed by atoms with van der Waals surface area (Å²) in [6.45, 7) is 0. The second kappa shape index (κ2) is 6.66. The lowest BCUT2D eigenvalue weighted by molar-refractivity contribution is -0.132. The molecule has 1 atom stereocenters. The van der Waals surface area contributed by atoms with Crippen molar-refractivity contribution in [1.29, 1.82) is 0 Å². The maximum absolute atomic E-state index is 12.3. The number of hydrogen-bond donors (Lipinski definition) is 1. The lowest BCUT2D eigenvalue weighted by Gasteiger charge is -2.24. The van der Waals surface area contributed by atoms with Gasteiger partial charge in [0.1, 0.15) is 10.7 Å². The molecule has 124 valence electrons. The van der Waals surface area contributed by atoms with Crippen LogP contribution in [0.4, 0.5) is 0 Å². The van der Waals surface area contributed by atoms with Crippen LogP contribution in [-0.2, 0) is 16.0 Å². The summed E-state index contributed by atoms with van der Waals surface area (Å²) in [7, 11) is 1.50. The van der Waals surface area contributed by atoms with E-state index >= 15 is 0 Å². The predicted octanol–water partition coefficient (Wildman–Crippen LogP) is 1.57. The van der Waals surface area contributed by atoms with Crippen molar-refractivity contribution in [1.82, 2.24) is 15.0 Å². The molecule has 0 spiro atoms. The molecule has 0 saturated carbocycles. The van der Waals surface area contributed by atoms with E-state index in [1.165, 1.54) is 18.4 Å². The van der Waals surface area contributed by atoms with Crippen LogP contribution < -0.4 is 5.73 Å². The number of rotatable bonds is 4. The molecular formula is C15H14ClN5O2S. The molecule has 0 bridgehead atoms. The standard InChI is InChI=1S/C15H14ClN5O2S/c1-21-15(23)11(4-12(20-21)13(17)22)14-19-10(7-24-14)3-8-2-9(16)6-18-5-8/h2,5-7,11H,3-4H2,1H3,(H2,17,22). The van der Waals surface area contributed by atoms with Crippen molar-refractivity contribution in [3.63, 3.8) is 0 Å². The number of amides is 2. The molecule has 3 rings (SSSR count). The van der Waals surface area contributed by atoms with Crippen LogP contribution in [0.5, 0.6) is 0 Å². The number of pyridine rings is 1. The van der Waals surface area contributed by atoms with Crippen molar-refractivity contribution in [3.05, 3.63) is 45.1 Å². The predicted molar refractivity (Wildman–Crippen MR) is 90.9 cm³/mol. The first-order chi connectivity index (χ1) is 11.4.